The molecule has 0 unspecified atom stereocenters. The molecule has 1 fully saturated rings. The van der Waals surface area contributed by atoms with Crippen molar-refractivity contribution in [2.24, 2.45) is 7.05 Å². The second-order valence-corrected chi connectivity index (χ2v) is 6.61. The number of nitrogens with zero attached hydrogens (tertiary/aromatic N) is 5. The summed E-state index contributed by atoms with van der Waals surface area (Å²) in [6.07, 6.45) is 9.26. The Bertz CT molecular complexity index is 707. The number of amides is 2. The standard InChI is InChI=1S/C18H26N6O/c1-22(13-16-12-21-23(2)14-16)18(25)20-11-15-6-7-19-17(10-15)24-8-4-3-5-9-24/h6-7,10,12,14H,3-5,8-9,11,13H2,1-2H3,(H,20,25). The first-order valence-electron chi connectivity index (χ1n) is 8.78. The highest BCUT2D eigenvalue weighted by Crippen LogP contribution is 2.18. The summed E-state index contributed by atoms with van der Waals surface area (Å²) in [4.78, 5) is 20.7. The van der Waals surface area contributed by atoms with Crippen molar-refractivity contribution in [1.82, 2.24) is 25.0 Å². The van der Waals surface area contributed by atoms with E-state index in [-0.39, 0.29) is 6.03 Å². The van der Waals surface area contributed by atoms with E-state index >= 15 is 0 Å². The molecule has 0 radical (unpaired) electrons. The average molecular weight is 342 g/mol. The molecule has 2 aromatic rings. The highest BCUT2D eigenvalue weighted by molar-refractivity contribution is 5.73. The molecule has 2 aromatic heterocycles. The van der Waals surface area contributed by atoms with Gasteiger partial charge in [0.05, 0.1) is 12.7 Å². The van der Waals surface area contributed by atoms with Gasteiger partial charge in [-0.3, -0.25) is 4.68 Å². The van der Waals surface area contributed by atoms with Crippen LogP contribution in [0, 0.1) is 0 Å². The van der Waals surface area contributed by atoms with E-state index < -0.39 is 0 Å². The quantitative estimate of drug-likeness (QED) is 0.904. The maximum Gasteiger partial charge on any atom is 0.317 e. The fourth-order valence-electron chi connectivity index (χ4n) is 3.08. The van der Waals surface area contributed by atoms with E-state index in [1.165, 1.54) is 19.3 Å². The Labute approximate surface area is 148 Å². The third-order valence-corrected chi connectivity index (χ3v) is 4.46. The Hall–Kier alpha value is -2.57. The van der Waals surface area contributed by atoms with Gasteiger partial charge in [0.25, 0.3) is 0 Å². The highest BCUT2D eigenvalue weighted by atomic mass is 16.2. The van der Waals surface area contributed by atoms with Crippen LogP contribution < -0.4 is 10.2 Å². The Morgan fingerprint density at radius 2 is 2.08 bits per heavy atom. The summed E-state index contributed by atoms with van der Waals surface area (Å²) in [7, 11) is 3.65. The minimum Gasteiger partial charge on any atom is -0.357 e. The van der Waals surface area contributed by atoms with Crippen LogP contribution in [0.15, 0.2) is 30.7 Å². The fourth-order valence-corrected chi connectivity index (χ4v) is 3.08. The number of pyridine rings is 1. The number of hydrogen-bond acceptors (Lipinski definition) is 4. The van der Waals surface area contributed by atoms with Crippen LogP contribution >= 0.6 is 0 Å². The summed E-state index contributed by atoms with van der Waals surface area (Å²) in [5.74, 6) is 1.01. The molecule has 1 saturated heterocycles. The van der Waals surface area contributed by atoms with Crippen LogP contribution in [-0.2, 0) is 20.1 Å². The van der Waals surface area contributed by atoms with Crippen LogP contribution in [0.2, 0.25) is 0 Å². The van der Waals surface area contributed by atoms with Gasteiger partial charge in [-0.1, -0.05) is 0 Å². The highest BCUT2D eigenvalue weighted by Gasteiger charge is 2.13. The molecular formula is C18H26N6O. The van der Waals surface area contributed by atoms with Gasteiger partial charge < -0.3 is 15.1 Å². The van der Waals surface area contributed by atoms with Crippen molar-refractivity contribution in [3.63, 3.8) is 0 Å². The van der Waals surface area contributed by atoms with E-state index in [1.807, 2.05) is 25.5 Å². The minimum atomic E-state index is -0.0970. The first kappa shape index (κ1) is 17.3. The van der Waals surface area contributed by atoms with E-state index in [2.05, 4.69) is 26.4 Å². The van der Waals surface area contributed by atoms with Gasteiger partial charge in [0, 0.05) is 51.7 Å². The summed E-state index contributed by atoms with van der Waals surface area (Å²) < 4.78 is 1.74. The maximum absolute atomic E-state index is 12.3. The number of anilines is 1. The van der Waals surface area contributed by atoms with Crippen molar-refractivity contribution in [3.05, 3.63) is 41.9 Å². The summed E-state index contributed by atoms with van der Waals surface area (Å²) in [6.45, 7) is 3.17. The molecule has 0 bridgehead atoms. The van der Waals surface area contributed by atoms with Crippen molar-refractivity contribution in [2.45, 2.75) is 32.4 Å². The van der Waals surface area contributed by atoms with Gasteiger partial charge >= 0.3 is 6.03 Å². The lowest BCUT2D eigenvalue weighted by Gasteiger charge is -2.28. The van der Waals surface area contributed by atoms with Crippen LogP contribution in [0.1, 0.15) is 30.4 Å². The number of aromatic nitrogens is 3. The van der Waals surface area contributed by atoms with Crippen molar-refractivity contribution in [2.75, 3.05) is 25.0 Å². The second-order valence-electron chi connectivity index (χ2n) is 6.61. The van der Waals surface area contributed by atoms with Gasteiger partial charge in [0.15, 0.2) is 0 Å². The summed E-state index contributed by atoms with van der Waals surface area (Å²) in [5, 5.41) is 7.09. The van der Waals surface area contributed by atoms with E-state index in [9.17, 15) is 4.79 Å². The second kappa shape index (κ2) is 8.00. The molecule has 0 atom stereocenters. The van der Waals surface area contributed by atoms with Crippen molar-refractivity contribution < 1.29 is 4.79 Å². The van der Waals surface area contributed by atoms with E-state index in [0.717, 1.165) is 30.0 Å². The molecule has 2 amide bonds. The van der Waals surface area contributed by atoms with Crippen molar-refractivity contribution >= 4 is 11.8 Å². The van der Waals surface area contributed by atoms with Gasteiger partial charge in [-0.15, -0.1) is 0 Å². The molecule has 0 saturated carbocycles. The summed E-state index contributed by atoms with van der Waals surface area (Å²) in [6, 6.07) is 3.93. The molecule has 1 aliphatic heterocycles. The molecular weight excluding hydrogens is 316 g/mol. The number of nitrogens with one attached hydrogen (secondary N) is 1. The fraction of sp³-hybridized carbons (Fsp3) is 0.500. The van der Waals surface area contributed by atoms with Gasteiger partial charge in [-0.25, -0.2) is 9.78 Å². The van der Waals surface area contributed by atoms with Crippen molar-refractivity contribution in [1.29, 1.82) is 0 Å². The number of hydrogen-bond donors (Lipinski definition) is 1. The topological polar surface area (TPSA) is 66.3 Å². The van der Waals surface area contributed by atoms with Gasteiger partial charge in [-0.05, 0) is 37.0 Å². The number of carbonyl (C=O) groups is 1. The van der Waals surface area contributed by atoms with Gasteiger partial charge in [0.1, 0.15) is 5.82 Å². The van der Waals surface area contributed by atoms with Crippen LogP contribution in [0.4, 0.5) is 10.6 Å². The molecule has 134 valence electrons. The molecule has 25 heavy (non-hydrogen) atoms. The van der Waals surface area contributed by atoms with E-state index in [1.54, 1.807) is 22.8 Å². The van der Waals surface area contributed by atoms with Crippen LogP contribution in [0.25, 0.3) is 0 Å². The largest absolute Gasteiger partial charge is 0.357 e. The smallest absolute Gasteiger partial charge is 0.317 e. The monoisotopic (exact) mass is 342 g/mol. The lowest BCUT2D eigenvalue weighted by molar-refractivity contribution is 0.206. The third-order valence-electron chi connectivity index (χ3n) is 4.46. The SMILES string of the molecule is CN(Cc1cnn(C)c1)C(=O)NCc1ccnc(N2CCCCC2)c1. The Morgan fingerprint density at radius 3 is 2.80 bits per heavy atom. The number of piperidine rings is 1. The summed E-state index contributed by atoms with van der Waals surface area (Å²) in [5.41, 5.74) is 2.08. The van der Waals surface area contributed by atoms with Gasteiger partial charge in [-0.2, -0.15) is 5.10 Å². The van der Waals surface area contributed by atoms with Crippen molar-refractivity contribution in [3.8, 4) is 0 Å². The molecule has 7 heteroatoms. The normalized spacial score (nSPS) is 14.4. The number of aryl methyl sites for hydroxylation is 1. The molecule has 0 aliphatic carbocycles. The molecule has 7 nitrogen and oxygen atoms in total. The first-order chi connectivity index (χ1) is 12.1. The zero-order valence-electron chi connectivity index (χ0n) is 15.0. The zero-order valence-corrected chi connectivity index (χ0v) is 15.0. The number of rotatable bonds is 5. The lowest BCUT2D eigenvalue weighted by Crippen LogP contribution is -2.36. The van der Waals surface area contributed by atoms with Crippen LogP contribution in [0.5, 0.6) is 0 Å². The molecule has 1 aliphatic rings. The molecule has 1 N–H and O–H groups in total. The molecule has 3 rings (SSSR count). The van der Waals surface area contributed by atoms with Gasteiger partial charge in [0.2, 0.25) is 0 Å². The molecule has 0 aromatic carbocycles. The lowest BCUT2D eigenvalue weighted by atomic mass is 10.1. The van der Waals surface area contributed by atoms with Crippen LogP contribution in [0.3, 0.4) is 0 Å². The molecule has 3 heterocycles. The Kier molecular flexibility index (Phi) is 5.53. The average Bonchev–Trinajstić information content (AvgIpc) is 3.05. The minimum absolute atomic E-state index is 0.0970. The third kappa shape index (κ3) is 4.71. The van der Waals surface area contributed by atoms with E-state index in [4.69, 9.17) is 0 Å². The zero-order chi connectivity index (χ0) is 17.6. The summed E-state index contributed by atoms with van der Waals surface area (Å²) >= 11 is 0. The maximum atomic E-state index is 12.3. The molecule has 0 spiro atoms. The van der Waals surface area contributed by atoms with E-state index in [0.29, 0.717) is 13.1 Å². The number of carbonyl (C=O) groups excluding carboxylic acids is 1. The first-order valence-corrected chi connectivity index (χ1v) is 8.78. The predicted octanol–water partition coefficient (Wildman–Crippen LogP) is 2.15. The Morgan fingerprint density at radius 1 is 1.28 bits per heavy atom. The van der Waals surface area contributed by atoms with Crippen LogP contribution in [-0.4, -0.2) is 45.8 Å². The number of urea groups is 1. The predicted molar refractivity (Wildman–Crippen MR) is 97.2 cm³/mol. The Balaban J connectivity index is 1.52.